The predicted molar refractivity (Wildman–Crippen MR) is 73.5 cm³/mol. The van der Waals surface area contributed by atoms with Crippen LogP contribution in [-0.2, 0) is 16.6 Å². The van der Waals surface area contributed by atoms with E-state index in [-0.39, 0.29) is 11.5 Å². The van der Waals surface area contributed by atoms with Crippen LogP contribution in [0.1, 0.15) is 24.3 Å². The molecule has 1 aromatic carbocycles. The van der Waals surface area contributed by atoms with Crippen LogP contribution in [0.15, 0.2) is 24.3 Å². The van der Waals surface area contributed by atoms with E-state index in [0.29, 0.717) is 5.02 Å². The summed E-state index contributed by atoms with van der Waals surface area (Å²) >= 11 is 6.21. The Kier molecular flexibility index (Phi) is 3.62. The quantitative estimate of drug-likeness (QED) is 0.812. The molecular formula is C14H14ClNO3. The molecule has 1 atom stereocenters. The summed E-state index contributed by atoms with van der Waals surface area (Å²) in [6, 6.07) is 7.42. The van der Waals surface area contributed by atoms with Gasteiger partial charge in [-0.15, -0.1) is 0 Å². The van der Waals surface area contributed by atoms with Gasteiger partial charge >= 0.3 is 5.97 Å². The maximum atomic E-state index is 12.1. The van der Waals surface area contributed by atoms with Gasteiger partial charge in [0.15, 0.2) is 11.9 Å². The molecule has 19 heavy (non-hydrogen) atoms. The van der Waals surface area contributed by atoms with Crippen LogP contribution in [0.2, 0.25) is 5.02 Å². The third-order valence-corrected chi connectivity index (χ3v) is 3.48. The van der Waals surface area contributed by atoms with Gasteiger partial charge in [-0.25, -0.2) is 4.79 Å². The van der Waals surface area contributed by atoms with E-state index in [1.165, 1.54) is 13.8 Å². The number of nitrogens with zero attached hydrogens (tertiary/aromatic N) is 1. The van der Waals surface area contributed by atoms with Crippen molar-refractivity contribution < 1.29 is 14.3 Å². The Morgan fingerprint density at radius 1 is 1.32 bits per heavy atom. The number of benzene rings is 1. The van der Waals surface area contributed by atoms with E-state index in [9.17, 15) is 9.59 Å². The summed E-state index contributed by atoms with van der Waals surface area (Å²) in [5, 5.41) is 1.13. The molecule has 0 N–H and O–H groups in total. The van der Waals surface area contributed by atoms with E-state index in [1.807, 2.05) is 24.3 Å². The van der Waals surface area contributed by atoms with Gasteiger partial charge in [-0.3, -0.25) is 4.79 Å². The van der Waals surface area contributed by atoms with Crippen LogP contribution in [0.5, 0.6) is 0 Å². The fourth-order valence-electron chi connectivity index (χ4n) is 1.87. The average molecular weight is 280 g/mol. The monoisotopic (exact) mass is 279 g/mol. The molecule has 0 saturated heterocycles. The smallest absolute Gasteiger partial charge is 0.357 e. The summed E-state index contributed by atoms with van der Waals surface area (Å²) in [5.74, 6) is -0.797. The van der Waals surface area contributed by atoms with Gasteiger partial charge in [0.05, 0.1) is 5.02 Å². The molecule has 0 spiro atoms. The summed E-state index contributed by atoms with van der Waals surface area (Å²) < 4.78 is 6.77. The van der Waals surface area contributed by atoms with Gasteiger partial charge in [-0.1, -0.05) is 29.8 Å². The molecule has 100 valence electrons. The van der Waals surface area contributed by atoms with Gasteiger partial charge in [0.25, 0.3) is 0 Å². The van der Waals surface area contributed by atoms with E-state index >= 15 is 0 Å². The molecule has 1 aromatic heterocycles. The van der Waals surface area contributed by atoms with Crippen LogP contribution in [0.3, 0.4) is 0 Å². The van der Waals surface area contributed by atoms with Crippen molar-refractivity contribution in [1.29, 1.82) is 0 Å². The number of ether oxygens (including phenoxy) is 1. The zero-order chi connectivity index (χ0) is 14.2. The molecule has 0 aliphatic heterocycles. The number of Topliss-reactive ketones (excluding diaryl/α,β-unsaturated/α-hetero) is 1. The Bertz CT molecular complexity index is 621. The molecular weight excluding hydrogens is 266 g/mol. The topological polar surface area (TPSA) is 48.3 Å². The molecule has 0 radical (unpaired) electrons. The van der Waals surface area contributed by atoms with E-state index < -0.39 is 12.1 Å². The third-order valence-electron chi connectivity index (χ3n) is 3.09. The molecule has 0 unspecified atom stereocenters. The van der Waals surface area contributed by atoms with Gasteiger partial charge in [-0.2, -0.15) is 0 Å². The number of halogens is 1. The van der Waals surface area contributed by atoms with Gasteiger partial charge < -0.3 is 9.30 Å². The highest BCUT2D eigenvalue weighted by molar-refractivity contribution is 6.38. The summed E-state index contributed by atoms with van der Waals surface area (Å²) in [7, 11) is 1.74. The third kappa shape index (κ3) is 2.36. The number of aromatic nitrogens is 1. The molecule has 0 bridgehead atoms. The number of fused-ring (bicyclic) bond motifs is 1. The number of para-hydroxylation sites is 1. The average Bonchev–Trinajstić information content (AvgIpc) is 2.62. The van der Waals surface area contributed by atoms with E-state index in [2.05, 4.69) is 0 Å². The van der Waals surface area contributed by atoms with Crippen molar-refractivity contribution >= 4 is 34.3 Å². The highest BCUT2D eigenvalue weighted by atomic mass is 35.5. The Labute approximate surface area is 115 Å². The maximum absolute atomic E-state index is 12.1. The summed E-state index contributed by atoms with van der Waals surface area (Å²) in [4.78, 5) is 23.2. The van der Waals surface area contributed by atoms with Crippen molar-refractivity contribution in [2.45, 2.75) is 20.0 Å². The summed E-state index contributed by atoms with van der Waals surface area (Å²) in [6.45, 7) is 2.91. The first kappa shape index (κ1) is 13.6. The van der Waals surface area contributed by atoms with Crippen molar-refractivity contribution in [2.75, 3.05) is 0 Å². The minimum absolute atomic E-state index is 0.205. The van der Waals surface area contributed by atoms with Gasteiger partial charge in [0.2, 0.25) is 0 Å². The second kappa shape index (κ2) is 5.05. The minimum Gasteiger partial charge on any atom is -0.450 e. The molecule has 2 rings (SSSR count). The first-order chi connectivity index (χ1) is 8.93. The molecule has 0 aliphatic carbocycles. The van der Waals surface area contributed by atoms with Crippen molar-refractivity contribution in [3.63, 3.8) is 0 Å². The molecule has 1 heterocycles. The minimum atomic E-state index is -0.776. The highest BCUT2D eigenvalue weighted by Crippen LogP contribution is 2.30. The number of carbonyl (C=O) groups excluding carboxylic acids is 2. The van der Waals surface area contributed by atoms with E-state index in [0.717, 1.165) is 10.9 Å². The lowest BCUT2D eigenvalue weighted by molar-refractivity contribution is -0.124. The normalized spacial score (nSPS) is 12.4. The molecule has 0 fully saturated rings. The number of esters is 1. The van der Waals surface area contributed by atoms with Crippen LogP contribution in [0.4, 0.5) is 0 Å². The molecule has 2 aromatic rings. The van der Waals surface area contributed by atoms with Crippen molar-refractivity contribution in [2.24, 2.45) is 7.05 Å². The van der Waals surface area contributed by atoms with Gasteiger partial charge in [0.1, 0.15) is 5.69 Å². The first-order valence-electron chi connectivity index (χ1n) is 5.87. The molecule has 4 nitrogen and oxygen atoms in total. The van der Waals surface area contributed by atoms with E-state index in [1.54, 1.807) is 11.6 Å². The Morgan fingerprint density at radius 3 is 2.53 bits per heavy atom. The van der Waals surface area contributed by atoms with Crippen LogP contribution < -0.4 is 0 Å². The fraction of sp³-hybridized carbons (Fsp3) is 0.286. The number of hydrogen-bond acceptors (Lipinski definition) is 3. The molecule has 0 amide bonds. The zero-order valence-electron chi connectivity index (χ0n) is 10.9. The number of carbonyl (C=O) groups is 2. The first-order valence-corrected chi connectivity index (χ1v) is 6.25. The number of rotatable bonds is 3. The molecule has 0 aliphatic rings. The summed E-state index contributed by atoms with van der Waals surface area (Å²) in [5.41, 5.74) is 1.10. The zero-order valence-corrected chi connectivity index (χ0v) is 11.7. The lowest BCUT2D eigenvalue weighted by Gasteiger charge is -2.10. The van der Waals surface area contributed by atoms with Crippen LogP contribution in [0.25, 0.3) is 10.9 Å². The lowest BCUT2D eigenvalue weighted by Crippen LogP contribution is -2.23. The number of hydrogen-bond donors (Lipinski definition) is 0. The van der Waals surface area contributed by atoms with Crippen molar-refractivity contribution in [3.05, 3.63) is 35.0 Å². The molecule has 5 heteroatoms. The van der Waals surface area contributed by atoms with Crippen LogP contribution >= 0.6 is 11.6 Å². The van der Waals surface area contributed by atoms with Crippen molar-refractivity contribution in [1.82, 2.24) is 4.57 Å². The summed E-state index contributed by atoms with van der Waals surface area (Å²) in [6.07, 6.45) is -0.776. The van der Waals surface area contributed by atoms with Gasteiger partial charge in [-0.05, 0) is 19.9 Å². The lowest BCUT2D eigenvalue weighted by atomic mass is 10.2. The SMILES string of the molecule is CC(=O)[C@@H](C)OC(=O)c1c(Cl)c2ccccc2n1C. The fourth-order valence-corrected chi connectivity index (χ4v) is 2.24. The Hall–Kier alpha value is -1.81. The van der Waals surface area contributed by atoms with Gasteiger partial charge in [0, 0.05) is 18.0 Å². The molecule has 0 saturated carbocycles. The van der Waals surface area contributed by atoms with Crippen LogP contribution in [0, 0.1) is 0 Å². The maximum Gasteiger partial charge on any atom is 0.357 e. The second-order valence-corrected chi connectivity index (χ2v) is 4.77. The van der Waals surface area contributed by atoms with Crippen molar-refractivity contribution in [3.8, 4) is 0 Å². The van der Waals surface area contributed by atoms with E-state index in [4.69, 9.17) is 16.3 Å². The second-order valence-electron chi connectivity index (χ2n) is 4.40. The Balaban J connectivity index is 2.45. The highest BCUT2D eigenvalue weighted by Gasteiger charge is 2.23. The Morgan fingerprint density at radius 2 is 1.95 bits per heavy atom. The number of ketones is 1. The predicted octanol–water partition coefficient (Wildman–Crippen LogP) is 2.97. The number of aryl methyl sites for hydroxylation is 1. The standard InChI is InChI=1S/C14H14ClNO3/c1-8(17)9(2)19-14(18)13-12(15)10-6-4-5-7-11(10)16(13)3/h4-7,9H,1-3H3/t9-/m1/s1. The largest absolute Gasteiger partial charge is 0.450 e. The van der Waals surface area contributed by atoms with Crippen LogP contribution in [-0.4, -0.2) is 22.4 Å².